The summed E-state index contributed by atoms with van der Waals surface area (Å²) in [5.74, 6) is -0.719. The van der Waals surface area contributed by atoms with E-state index >= 15 is 0 Å². The zero-order valence-corrected chi connectivity index (χ0v) is 17.7. The lowest BCUT2D eigenvalue weighted by Gasteiger charge is -1.98. The molecule has 2 aliphatic rings. The molecule has 1 N–H and O–H groups in total. The predicted molar refractivity (Wildman–Crippen MR) is 114 cm³/mol. The van der Waals surface area contributed by atoms with Gasteiger partial charge in [-0.05, 0) is 44.9 Å². The molecule has 28 heavy (non-hydrogen) atoms. The van der Waals surface area contributed by atoms with Crippen LogP contribution in [0.1, 0.15) is 96.8 Å². The lowest BCUT2D eigenvalue weighted by atomic mass is 10.1. The summed E-state index contributed by atoms with van der Waals surface area (Å²) >= 11 is 0. The van der Waals surface area contributed by atoms with Crippen LogP contribution in [0.25, 0.3) is 0 Å². The SMILES string of the molecule is CCCCCCCCC/C=C/CC1OC1C/C=C/CC1OC1CCCC(=O)O. The first-order valence-corrected chi connectivity index (χ1v) is 11.5. The molecular formula is C24H40O4. The van der Waals surface area contributed by atoms with Crippen molar-refractivity contribution < 1.29 is 19.4 Å². The minimum Gasteiger partial charge on any atom is -0.481 e. The Bertz CT molecular complexity index is 485. The molecule has 4 unspecified atom stereocenters. The number of carboxylic acid groups (broad SMARTS) is 1. The van der Waals surface area contributed by atoms with Gasteiger partial charge in [0, 0.05) is 6.42 Å². The largest absolute Gasteiger partial charge is 0.481 e. The standard InChI is InChI=1S/C24H40O4/c1-2-3-4-5-6-7-8-9-10-11-15-20-21(27-20)16-12-13-17-22-23(28-22)18-14-19-24(25)26/h10-13,20-23H,2-9,14-19H2,1H3,(H,25,26)/b11-10+,13-12+. The molecule has 2 heterocycles. The number of rotatable bonds is 18. The smallest absolute Gasteiger partial charge is 0.303 e. The van der Waals surface area contributed by atoms with Crippen LogP contribution in [0.15, 0.2) is 24.3 Å². The van der Waals surface area contributed by atoms with Crippen LogP contribution in [0.5, 0.6) is 0 Å². The van der Waals surface area contributed by atoms with Crippen LogP contribution in [0.2, 0.25) is 0 Å². The monoisotopic (exact) mass is 392 g/mol. The molecule has 160 valence electrons. The zero-order valence-electron chi connectivity index (χ0n) is 17.7. The van der Waals surface area contributed by atoms with Gasteiger partial charge in [0.25, 0.3) is 0 Å². The highest BCUT2D eigenvalue weighted by atomic mass is 16.6. The van der Waals surface area contributed by atoms with Crippen LogP contribution in [0, 0.1) is 0 Å². The van der Waals surface area contributed by atoms with Crippen LogP contribution >= 0.6 is 0 Å². The van der Waals surface area contributed by atoms with E-state index in [1.54, 1.807) is 0 Å². The van der Waals surface area contributed by atoms with Crippen molar-refractivity contribution in [3.8, 4) is 0 Å². The van der Waals surface area contributed by atoms with E-state index in [0.717, 1.165) is 25.7 Å². The van der Waals surface area contributed by atoms with Crippen LogP contribution in [0.3, 0.4) is 0 Å². The summed E-state index contributed by atoms with van der Waals surface area (Å²) in [7, 11) is 0. The van der Waals surface area contributed by atoms with Crippen LogP contribution < -0.4 is 0 Å². The summed E-state index contributed by atoms with van der Waals surface area (Å²) in [4.78, 5) is 10.5. The maximum atomic E-state index is 10.5. The second-order valence-electron chi connectivity index (χ2n) is 8.27. The molecule has 0 aromatic carbocycles. The van der Waals surface area contributed by atoms with Gasteiger partial charge in [0.15, 0.2) is 0 Å². The predicted octanol–water partition coefficient (Wildman–Crippen LogP) is 6.20. The first-order chi connectivity index (χ1) is 13.7. The minimum atomic E-state index is -0.719. The highest BCUT2D eigenvalue weighted by molar-refractivity contribution is 5.66. The fourth-order valence-electron chi connectivity index (χ4n) is 3.72. The molecule has 0 spiro atoms. The van der Waals surface area contributed by atoms with Gasteiger partial charge in [-0.3, -0.25) is 4.79 Å². The molecule has 2 saturated heterocycles. The molecule has 0 radical (unpaired) electrons. The Morgan fingerprint density at radius 1 is 0.750 bits per heavy atom. The van der Waals surface area contributed by atoms with Gasteiger partial charge >= 0.3 is 5.97 Å². The quantitative estimate of drug-likeness (QED) is 0.171. The van der Waals surface area contributed by atoms with Gasteiger partial charge < -0.3 is 14.6 Å². The number of ether oxygens (including phenoxy) is 2. The topological polar surface area (TPSA) is 62.4 Å². The van der Waals surface area contributed by atoms with Crippen molar-refractivity contribution in [2.75, 3.05) is 0 Å². The maximum absolute atomic E-state index is 10.5. The van der Waals surface area contributed by atoms with Gasteiger partial charge in [0.2, 0.25) is 0 Å². The Morgan fingerprint density at radius 2 is 1.29 bits per heavy atom. The van der Waals surface area contributed by atoms with Crippen molar-refractivity contribution in [3.63, 3.8) is 0 Å². The van der Waals surface area contributed by atoms with E-state index in [9.17, 15) is 4.79 Å². The Kier molecular flexibility index (Phi) is 11.5. The second-order valence-corrected chi connectivity index (χ2v) is 8.27. The summed E-state index contributed by atoms with van der Waals surface area (Å²) < 4.78 is 11.3. The Hall–Kier alpha value is -1.13. The van der Waals surface area contributed by atoms with Gasteiger partial charge in [-0.2, -0.15) is 0 Å². The van der Waals surface area contributed by atoms with E-state index in [1.165, 1.54) is 51.4 Å². The van der Waals surface area contributed by atoms with Crippen molar-refractivity contribution in [1.82, 2.24) is 0 Å². The molecule has 4 atom stereocenters. The highest BCUT2D eigenvalue weighted by Crippen LogP contribution is 2.31. The summed E-state index contributed by atoms with van der Waals surface area (Å²) in [6, 6.07) is 0. The molecule has 0 saturated carbocycles. The van der Waals surface area contributed by atoms with Gasteiger partial charge in [-0.1, -0.05) is 69.8 Å². The third-order valence-corrected chi connectivity index (χ3v) is 5.67. The Morgan fingerprint density at radius 3 is 1.93 bits per heavy atom. The van der Waals surface area contributed by atoms with E-state index in [4.69, 9.17) is 14.6 Å². The van der Waals surface area contributed by atoms with Crippen molar-refractivity contribution in [1.29, 1.82) is 0 Å². The number of carboxylic acids is 1. The number of hydrogen-bond donors (Lipinski definition) is 1. The van der Waals surface area contributed by atoms with Gasteiger partial charge in [0.05, 0.1) is 24.4 Å². The first-order valence-electron chi connectivity index (χ1n) is 11.5. The molecular weight excluding hydrogens is 352 g/mol. The molecule has 0 bridgehead atoms. The first kappa shape index (κ1) is 23.2. The molecule has 4 nitrogen and oxygen atoms in total. The van der Waals surface area contributed by atoms with Crippen molar-refractivity contribution in [2.24, 2.45) is 0 Å². The average molecular weight is 393 g/mol. The number of allylic oxidation sites excluding steroid dienone is 1. The molecule has 0 aromatic heterocycles. The molecule has 4 heteroatoms. The highest BCUT2D eigenvalue weighted by Gasteiger charge is 2.37. The zero-order chi connectivity index (χ0) is 20.0. The third kappa shape index (κ3) is 11.0. The van der Waals surface area contributed by atoms with Crippen molar-refractivity contribution >= 4 is 5.97 Å². The lowest BCUT2D eigenvalue weighted by molar-refractivity contribution is -0.137. The van der Waals surface area contributed by atoms with Crippen molar-refractivity contribution in [3.05, 3.63) is 24.3 Å². The summed E-state index contributed by atoms with van der Waals surface area (Å²) in [6.45, 7) is 2.27. The lowest BCUT2D eigenvalue weighted by Crippen LogP contribution is -1.98. The maximum Gasteiger partial charge on any atom is 0.303 e. The summed E-state index contributed by atoms with van der Waals surface area (Å²) in [5.41, 5.74) is 0. The van der Waals surface area contributed by atoms with E-state index in [-0.39, 0.29) is 12.5 Å². The Balaban J connectivity index is 1.36. The minimum absolute atomic E-state index is 0.246. The van der Waals surface area contributed by atoms with Crippen molar-refractivity contribution in [2.45, 2.75) is 121 Å². The van der Waals surface area contributed by atoms with E-state index in [1.807, 2.05) is 0 Å². The number of carbonyl (C=O) groups is 1. The molecule has 2 rings (SSSR count). The summed E-state index contributed by atoms with van der Waals surface area (Å²) in [6.07, 6.45) is 26.0. The van der Waals surface area contributed by atoms with Crippen LogP contribution in [-0.4, -0.2) is 35.5 Å². The number of aliphatic carboxylic acids is 1. The van der Waals surface area contributed by atoms with E-state index in [2.05, 4.69) is 31.2 Å². The average Bonchev–Trinajstić information content (AvgIpc) is 3.58. The van der Waals surface area contributed by atoms with Crippen LogP contribution in [-0.2, 0) is 14.3 Å². The Labute approximate surface area is 171 Å². The fourth-order valence-corrected chi connectivity index (χ4v) is 3.72. The molecule has 0 amide bonds. The number of unbranched alkanes of at least 4 members (excludes halogenated alkanes) is 7. The van der Waals surface area contributed by atoms with Gasteiger partial charge in [0.1, 0.15) is 0 Å². The molecule has 2 fully saturated rings. The number of epoxide rings is 2. The molecule has 2 aliphatic heterocycles. The van der Waals surface area contributed by atoms with Gasteiger partial charge in [-0.15, -0.1) is 0 Å². The fraction of sp³-hybridized carbons (Fsp3) is 0.792. The second kappa shape index (κ2) is 13.9. The molecule has 0 aliphatic carbocycles. The van der Waals surface area contributed by atoms with Gasteiger partial charge in [-0.25, -0.2) is 0 Å². The van der Waals surface area contributed by atoms with E-state index in [0.29, 0.717) is 24.7 Å². The molecule has 0 aromatic rings. The van der Waals surface area contributed by atoms with E-state index < -0.39 is 5.97 Å². The summed E-state index contributed by atoms with van der Waals surface area (Å²) in [5, 5.41) is 8.63. The van der Waals surface area contributed by atoms with Crippen LogP contribution in [0.4, 0.5) is 0 Å². The third-order valence-electron chi connectivity index (χ3n) is 5.67. The normalized spacial score (nSPS) is 26.3. The number of hydrogen-bond acceptors (Lipinski definition) is 3.